The first-order chi connectivity index (χ1) is 8.25. The Kier molecular flexibility index (Phi) is 3.72. The van der Waals surface area contributed by atoms with Crippen LogP contribution < -0.4 is 5.32 Å². The van der Waals surface area contributed by atoms with Crippen LogP contribution in [0.25, 0.3) is 0 Å². The first kappa shape index (κ1) is 11.6. The topological polar surface area (TPSA) is 63.0 Å². The number of aromatic hydroxyl groups is 1. The number of hydrogen-bond donors (Lipinski definition) is 2. The van der Waals surface area contributed by atoms with Crippen LogP contribution in [-0.2, 0) is 20.0 Å². The molecule has 0 aliphatic heterocycles. The van der Waals surface area contributed by atoms with Gasteiger partial charge in [0.2, 0.25) is 0 Å². The Morgan fingerprint density at radius 3 is 2.71 bits per heavy atom. The minimum absolute atomic E-state index is 0.308. The van der Waals surface area contributed by atoms with Gasteiger partial charge in [0.1, 0.15) is 5.75 Å². The second-order valence-electron chi connectivity index (χ2n) is 3.94. The minimum Gasteiger partial charge on any atom is -0.508 e. The van der Waals surface area contributed by atoms with Gasteiger partial charge >= 0.3 is 0 Å². The lowest BCUT2D eigenvalue weighted by Crippen LogP contribution is -2.18. The van der Waals surface area contributed by atoms with Gasteiger partial charge in [-0.05, 0) is 30.7 Å². The van der Waals surface area contributed by atoms with Crippen LogP contribution in [0, 0.1) is 0 Å². The predicted molar refractivity (Wildman–Crippen MR) is 64.5 cm³/mol. The van der Waals surface area contributed by atoms with Crippen LogP contribution in [0.2, 0.25) is 0 Å². The van der Waals surface area contributed by atoms with Crippen molar-refractivity contribution in [3.63, 3.8) is 0 Å². The molecule has 90 valence electrons. The molecule has 0 fully saturated rings. The van der Waals surface area contributed by atoms with Crippen LogP contribution in [0.1, 0.15) is 11.3 Å². The smallest absolute Gasteiger partial charge is 0.115 e. The molecule has 0 saturated carbocycles. The second kappa shape index (κ2) is 5.45. The van der Waals surface area contributed by atoms with Crippen molar-refractivity contribution in [2.24, 2.45) is 7.05 Å². The Balaban J connectivity index is 1.73. The maximum absolute atomic E-state index is 9.15. The molecule has 0 aliphatic carbocycles. The number of rotatable bonds is 5. The van der Waals surface area contributed by atoms with Gasteiger partial charge in [-0.1, -0.05) is 17.3 Å². The summed E-state index contributed by atoms with van der Waals surface area (Å²) in [5, 5.41) is 20.2. The highest BCUT2D eigenvalue weighted by Gasteiger charge is 1.98. The van der Waals surface area contributed by atoms with E-state index in [1.54, 1.807) is 23.0 Å². The Hall–Kier alpha value is -1.88. The molecular formula is C12H16N4O. The van der Waals surface area contributed by atoms with E-state index in [4.69, 9.17) is 5.11 Å². The molecule has 2 aromatic rings. The van der Waals surface area contributed by atoms with Gasteiger partial charge in [0.25, 0.3) is 0 Å². The van der Waals surface area contributed by atoms with E-state index in [1.807, 2.05) is 19.2 Å². The first-order valence-electron chi connectivity index (χ1n) is 5.58. The van der Waals surface area contributed by atoms with E-state index in [1.165, 1.54) is 5.56 Å². The lowest BCUT2D eigenvalue weighted by atomic mass is 10.1. The summed E-state index contributed by atoms with van der Waals surface area (Å²) < 4.78 is 1.76. The molecule has 17 heavy (non-hydrogen) atoms. The van der Waals surface area contributed by atoms with E-state index in [2.05, 4.69) is 15.6 Å². The van der Waals surface area contributed by atoms with Crippen molar-refractivity contribution >= 4 is 0 Å². The minimum atomic E-state index is 0.308. The van der Waals surface area contributed by atoms with Crippen LogP contribution in [0.5, 0.6) is 5.75 Å². The molecular weight excluding hydrogens is 216 g/mol. The molecule has 2 rings (SSSR count). The second-order valence-corrected chi connectivity index (χ2v) is 3.94. The molecule has 2 N–H and O–H groups in total. The summed E-state index contributed by atoms with van der Waals surface area (Å²) in [5.41, 5.74) is 2.27. The number of phenolic OH excluding ortho intramolecular Hbond substituents is 1. The van der Waals surface area contributed by atoms with Gasteiger partial charge in [-0.25, -0.2) is 0 Å². The SMILES string of the molecule is Cn1nncc1CNCCc1ccc(O)cc1. The van der Waals surface area contributed by atoms with Crippen LogP contribution in [-0.4, -0.2) is 26.6 Å². The lowest BCUT2D eigenvalue weighted by Gasteiger charge is -2.04. The van der Waals surface area contributed by atoms with E-state index in [0.717, 1.165) is 25.2 Å². The van der Waals surface area contributed by atoms with Gasteiger partial charge in [-0.3, -0.25) is 4.68 Å². The van der Waals surface area contributed by atoms with Gasteiger partial charge in [-0.2, -0.15) is 0 Å². The van der Waals surface area contributed by atoms with Crippen LogP contribution in [0.4, 0.5) is 0 Å². The number of aryl methyl sites for hydroxylation is 1. The summed E-state index contributed by atoms with van der Waals surface area (Å²) in [4.78, 5) is 0. The summed E-state index contributed by atoms with van der Waals surface area (Å²) in [6.07, 6.45) is 2.69. The van der Waals surface area contributed by atoms with Crippen molar-refractivity contribution in [3.8, 4) is 5.75 Å². The fraction of sp³-hybridized carbons (Fsp3) is 0.333. The maximum Gasteiger partial charge on any atom is 0.115 e. The van der Waals surface area contributed by atoms with Gasteiger partial charge in [0, 0.05) is 13.6 Å². The highest BCUT2D eigenvalue weighted by atomic mass is 16.3. The van der Waals surface area contributed by atoms with Crippen molar-refractivity contribution in [2.45, 2.75) is 13.0 Å². The Bertz CT molecular complexity index is 464. The van der Waals surface area contributed by atoms with Gasteiger partial charge in [0.05, 0.1) is 11.9 Å². The predicted octanol–water partition coefficient (Wildman–Crippen LogP) is 0.853. The van der Waals surface area contributed by atoms with Crippen molar-refractivity contribution in [1.29, 1.82) is 0 Å². The van der Waals surface area contributed by atoms with E-state index >= 15 is 0 Å². The average molecular weight is 232 g/mol. The third kappa shape index (κ3) is 3.29. The number of nitrogens with zero attached hydrogens (tertiary/aromatic N) is 3. The zero-order valence-corrected chi connectivity index (χ0v) is 9.80. The number of phenols is 1. The van der Waals surface area contributed by atoms with Crippen molar-refractivity contribution in [1.82, 2.24) is 20.3 Å². The molecule has 0 saturated heterocycles. The van der Waals surface area contributed by atoms with Crippen LogP contribution >= 0.6 is 0 Å². The number of hydrogen-bond acceptors (Lipinski definition) is 4. The molecule has 1 heterocycles. The van der Waals surface area contributed by atoms with Crippen molar-refractivity contribution in [3.05, 3.63) is 41.7 Å². The van der Waals surface area contributed by atoms with E-state index < -0.39 is 0 Å². The molecule has 5 nitrogen and oxygen atoms in total. The summed E-state index contributed by atoms with van der Waals surface area (Å²) >= 11 is 0. The van der Waals surface area contributed by atoms with E-state index in [-0.39, 0.29) is 0 Å². The normalized spacial score (nSPS) is 10.6. The first-order valence-corrected chi connectivity index (χ1v) is 5.58. The fourth-order valence-corrected chi connectivity index (χ4v) is 1.58. The Labute approximate surface area is 100 Å². The van der Waals surface area contributed by atoms with Gasteiger partial charge in [0.15, 0.2) is 0 Å². The third-order valence-corrected chi connectivity index (χ3v) is 2.64. The Morgan fingerprint density at radius 1 is 1.29 bits per heavy atom. The molecule has 0 atom stereocenters. The van der Waals surface area contributed by atoms with Gasteiger partial charge < -0.3 is 10.4 Å². The lowest BCUT2D eigenvalue weighted by molar-refractivity contribution is 0.475. The summed E-state index contributed by atoms with van der Waals surface area (Å²) in [5.74, 6) is 0.308. The quantitative estimate of drug-likeness (QED) is 0.750. The van der Waals surface area contributed by atoms with E-state index in [9.17, 15) is 0 Å². The van der Waals surface area contributed by atoms with Gasteiger partial charge in [-0.15, -0.1) is 5.10 Å². The Morgan fingerprint density at radius 2 is 2.06 bits per heavy atom. The molecule has 5 heteroatoms. The zero-order valence-electron chi connectivity index (χ0n) is 9.80. The summed E-state index contributed by atoms with van der Waals surface area (Å²) in [6, 6.07) is 7.28. The van der Waals surface area contributed by atoms with Crippen LogP contribution in [0.15, 0.2) is 30.5 Å². The molecule has 0 amide bonds. The van der Waals surface area contributed by atoms with E-state index in [0.29, 0.717) is 5.75 Å². The molecule has 0 bridgehead atoms. The molecule has 1 aromatic heterocycles. The average Bonchev–Trinajstić information content (AvgIpc) is 2.73. The number of aromatic nitrogens is 3. The highest BCUT2D eigenvalue weighted by molar-refractivity contribution is 5.25. The highest BCUT2D eigenvalue weighted by Crippen LogP contribution is 2.09. The molecule has 0 radical (unpaired) electrons. The number of benzene rings is 1. The zero-order chi connectivity index (χ0) is 12.1. The van der Waals surface area contributed by atoms with Crippen molar-refractivity contribution in [2.75, 3.05) is 6.54 Å². The fourth-order valence-electron chi connectivity index (χ4n) is 1.58. The standard InChI is InChI=1S/C12H16N4O/c1-16-11(9-14-15-16)8-13-7-6-10-2-4-12(17)5-3-10/h2-5,9,13,17H,6-8H2,1H3. The summed E-state index contributed by atoms with van der Waals surface area (Å²) in [6.45, 7) is 1.65. The number of nitrogens with one attached hydrogen (secondary N) is 1. The molecule has 0 aliphatic rings. The monoisotopic (exact) mass is 232 g/mol. The molecule has 0 unspecified atom stereocenters. The maximum atomic E-state index is 9.15. The molecule has 0 spiro atoms. The van der Waals surface area contributed by atoms with Crippen molar-refractivity contribution < 1.29 is 5.11 Å². The van der Waals surface area contributed by atoms with Crippen LogP contribution in [0.3, 0.4) is 0 Å². The largest absolute Gasteiger partial charge is 0.508 e. The third-order valence-electron chi connectivity index (χ3n) is 2.64. The molecule has 1 aromatic carbocycles. The summed E-state index contributed by atoms with van der Waals surface area (Å²) in [7, 11) is 1.88.